The molecule has 4 fully saturated rings. The van der Waals surface area contributed by atoms with Crippen LogP contribution in [-0.4, -0.2) is 44.3 Å². The minimum absolute atomic E-state index is 0.0849. The molecule has 4 saturated carbocycles. The summed E-state index contributed by atoms with van der Waals surface area (Å²) in [4.78, 5) is 25.1. The quantitative estimate of drug-likeness (QED) is 0.764. The summed E-state index contributed by atoms with van der Waals surface area (Å²) in [5.41, 5.74) is 0.187. The molecule has 4 aliphatic carbocycles. The zero-order valence-corrected chi connectivity index (χ0v) is 16.7. The van der Waals surface area contributed by atoms with Crippen LogP contribution in [0.15, 0.2) is 12.1 Å². The Morgan fingerprint density at radius 2 is 1.72 bits per heavy atom. The van der Waals surface area contributed by atoms with Crippen LogP contribution in [0.2, 0.25) is 0 Å². The summed E-state index contributed by atoms with van der Waals surface area (Å²) in [6, 6.07) is 3.11. The van der Waals surface area contributed by atoms with Crippen LogP contribution in [0, 0.1) is 17.8 Å². The van der Waals surface area contributed by atoms with E-state index >= 15 is 0 Å². The van der Waals surface area contributed by atoms with Gasteiger partial charge in [0.15, 0.2) is 18.1 Å². The van der Waals surface area contributed by atoms with Crippen LogP contribution in [0.3, 0.4) is 0 Å². The fourth-order valence-corrected chi connectivity index (χ4v) is 6.20. The van der Waals surface area contributed by atoms with E-state index < -0.39 is 5.97 Å². The maximum absolute atomic E-state index is 12.6. The van der Waals surface area contributed by atoms with Crippen molar-refractivity contribution in [2.24, 2.45) is 17.8 Å². The van der Waals surface area contributed by atoms with Gasteiger partial charge in [-0.2, -0.15) is 0 Å². The molecule has 7 heteroatoms. The van der Waals surface area contributed by atoms with E-state index in [2.05, 4.69) is 5.32 Å². The normalized spacial score (nSPS) is 31.3. The largest absolute Gasteiger partial charge is 0.493 e. The average molecular weight is 401 g/mol. The number of carbonyl (C=O) groups is 2. The number of carbonyl (C=O) groups excluding carboxylic acids is 2. The van der Waals surface area contributed by atoms with Gasteiger partial charge < -0.3 is 24.3 Å². The Kier molecular flexibility index (Phi) is 4.56. The van der Waals surface area contributed by atoms with Gasteiger partial charge in [0.05, 0.1) is 12.7 Å². The van der Waals surface area contributed by atoms with E-state index in [0.717, 1.165) is 37.0 Å². The second-order valence-corrected chi connectivity index (χ2v) is 9.02. The van der Waals surface area contributed by atoms with Gasteiger partial charge >= 0.3 is 5.97 Å². The topological polar surface area (TPSA) is 83.1 Å². The minimum atomic E-state index is -0.582. The molecule has 0 radical (unpaired) electrons. The minimum Gasteiger partial charge on any atom is -0.493 e. The Morgan fingerprint density at radius 1 is 1.07 bits per heavy atom. The maximum Gasteiger partial charge on any atom is 0.338 e. The van der Waals surface area contributed by atoms with E-state index in [1.807, 2.05) is 0 Å². The zero-order valence-electron chi connectivity index (χ0n) is 16.7. The molecule has 1 aliphatic heterocycles. The van der Waals surface area contributed by atoms with Gasteiger partial charge in [-0.25, -0.2) is 4.79 Å². The van der Waals surface area contributed by atoms with Gasteiger partial charge in [-0.3, -0.25) is 4.79 Å². The smallest absolute Gasteiger partial charge is 0.338 e. The molecule has 0 spiro atoms. The molecule has 4 bridgehead atoms. The van der Waals surface area contributed by atoms with E-state index in [1.54, 1.807) is 12.1 Å². The Balaban J connectivity index is 1.21. The monoisotopic (exact) mass is 401 g/mol. The Hall–Kier alpha value is -2.44. The van der Waals surface area contributed by atoms with Crippen molar-refractivity contribution in [2.75, 3.05) is 26.9 Å². The summed E-state index contributed by atoms with van der Waals surface area (Å²) >= 11 is 0. The van der Waals surface area contributed by atoms with E-state index in [-0.39, 0.29) is 23.6 Å². The molecule has 156 valence electrons. The first-order chi connectivity index (χ1) is 14.0. The molecule has 0 aromatic heterocycles. The molecule has 1 aromatic rings. The summed E-state index contributed by atoms with van der Waals surface area (Å²) in [6.45, 7) is 0.553. The zero-order chi connectivity index (χ0) is 20.0. The average Bonchev–Trinajstić information content (AvgIpc) is 2.69. The molecule has 1 heterocycles. The molecule has 6 rings (SSSR count). The van der Waals surface area contributed by atoms with Crippen molar-refractivity contribution in [3.8, 4) is 17.2 Å². The second-order valence-electron chi connectivity index (χ2n) is 9.02. The molecular formula is C22H27NO6. The third kappa shape index (κ3) is 3.51. The maximum atomic E-state index is 12.6. The van der Waals surface area contributed by atoms with Gasteiger partial charge in [0, 0.05) is 5.54 Å². The fourth-order valence-electron chi connectivity index (χ4n) is 6.20. The van der Waals surface area contributed by atoms with Crippen molar-refractivity contribution < 1.29 is 28.5 Å². The van der Waals surface area contributed by atoms with Gasteiger partial charge in [0.2, 0.25) is 5.75 Å². The molecule has 0 saturated heterocycles. The highest BCUT2D eigenvalue weighted by Crippen LogP contribution is 2.55. The first-order valence-electron chi connectivity index (χ1n) is 10.5. The number of ether oxygens (including phenoxy) is 4. The summed E-state index contributed by atoms with van der Waals surface area (Å²) < 4.78 is 21.7. The van der Waals surface area contributed by atoms with Crippen molar-refractivity contribution in [3.05, 3.63) is 17.7 Å². The molecular weight excluding hydrogens is 374 g/mol. The molecule has 7 nitrogen and oxygen atoms in total. The highest BCUT2D eigenvalue weighted by Gasteiger charge is 2.51. The van der Waals surface area contributed by atoms with Gasteiger partial charge in [-0.1, -0.05) is 0 Å². The third-order valence-corrected chi connectivity index (χ3v) is 6.84. The highest BCUT2D eigenvalue weighted by molar-refractivity contribution is 5.93. The van der Waals surface area contributed by atoms with E-state index in [0.29, 0.717) is 30.5 Å². The van der Waals surface area contributed by atoms with Gasteiger partial charge in [0.25, 0.3) is 5.91 Å². The summed E-state index contributed by atoms with van der Waals surface area (Å²) in [7, 11) is 1.50. The molecule has 29 heavy (non-hydrogen) atoms. The van der Waals surface area contributed by atoms with Gasteiger partial charge in [-0.15, -0.1) is 0 Å². The van der Waals surface area contributed by atoms with Crippen LogP contribution in [0.1, 0.15) is 48.9 Å². The van der Waals surface area contributed by atoms with Crippen LogP contribution >= 0.6 is 0 Å². The predicted molar refractivity (Wildman–Crippen MR) is 103 cm³/mol. The SMILES string of the molecule is COc1cc(C(=O)OCC(=O)NC23CC4CC(CC(C4)C2)C3)cc2c1OCCO2. The molecule has 1 amide bonds. The molecule has 1 aromatic carbocycles. The lowest BCUT2D eigenvalue weighted by Gasteiger charge is -2.56. The Labute approximate surface area is 170 Å². The lowest BCUT2D eigenvalue weighted by molar-refractivity contribution is -0.130. The van der Waals surface area contributed by atoms with E-state index in [9.17, 15) is 9.59 Å². The van der Waals surface area contributed by atoms with Crippen LogP contribution < -0.4 is 19.5 Å². The van der Waals surface area contributed by atoms with Gasteiger partial charge in [0.1, 0.15) is 13.2 Å². The number of benzene rings is 1. The number of esters is 1. The van der Waals surface area contributed by atoms with Crippen molar-refractivity contribution >= 4 is 11.9 Å². The Morgan fingerprint density at radius 3 is 2.38 bits per heavy atom. The van der Waals surface area contributed by atoms with Crippen LogP contribution in [0.5, 0.6) is 17.2 Å². The number of rotatable bonds is 5. The number of hydrogen-bond acceptors (Lipinski definition) is 6. The molecule has 0 unspecified atom stereocenters. The number of methoxy groups -OCH3 is 1. The summed E-state index contributed by atoms with van der Waals surface area (Å²) in [5, 5.41) is 3.22. The van der Waals surface area contributed by atoms with Crippen molar-refractivity contribution in [2.45, 2.75) is 44.1 Å². The van der Waals surface area contributed by atoms with E-state index in [1.165, 1.54) is 26.4 Å². The lowest BCUT2D eigenvalue weighted by Crippen LogP contribution is -2.60. The van der Waals surface area contributed by atoms with Crippen LogP contribution in [-0.2, 0) is 9.53 Å². The summed E-state index contributed by atoms with van der Waals surface area (Å²) in [5.74, 6) is 2.77. The first kappa shape index (κ1) is 18.6. The standard InChI is InChI=1S/C22H27NO6/c1-26-17-7-16(8-18-20(17)28-3-2-27-18)21(25)29-12-19(24)23-22-9-13-4-14(10-22)6-15(5-13)11-22/h7-8,13-15H,2-6,9-12H2,1H3,(H,23,24). The predicted octanol–water partition coefficient (Wildman–Crippen LogP) is 2.71. The third-order valence-electron chi connectivity index (χ3n) is 6.84. The Bertz CT molecular complexity index is 782. The van der Waals surface area contributed by atoms with E-state index in [4.69, 9.17) is 18.9 Å². The molecule has 1 N–H and O–H groups in total. The summed E-state index contributed by atoms with van der Waals surface area (Å²) in [6.07, 6.45) is 7.15. The lowest BCUT2D eigenvalue weighted by atomic mass is 9.53. The number of amides is 1. The number of hydrogen-bond donors (Lipinski definition) is 1. The fraction of sp³-hybridized carbons (Fsp3) is 0.636. The first-order valence-corrected chi connectivity index (χ1v) is 10.5. The van der Waals surface area contributed by atoms with Crippen molar-refractivity contribution in [1.82, 2.24) is 5.32 Å². The molecule has 0 atom stereocenters. The highest BCUT2D eigenvalue weighted by atomic mass is 16.6. The number of nitrogens with one attached hydrogen (secondary N) is 1. The van der Waals surface area contributed by atoms with Gasteiger partial charge in [-0.05, 0) is 68.4 Å². The molecule has 5 aliphatic rings. The van der Waals surface area contributed by atoms with Crippen LogP contribution in [0.4, 0.5) is 0 Å². The van der Waals surface area contributed by atoms with Crippen molar-refractivity contribution in [3.63, 3.8) is 0 Å². The second kappa shape index (κ2) is 7.11. The number of fused-ring (bicyclic) bond motifs is 1. The van der Waals surface area contributed by atoms with Crippen molar-refractivity contribution in [1.29, 1.82) is 0 Å². The van der Waals surface area contributed by atoms with Crippen LogP contribution in [0.25, 0.3) is 0 Å².